The van der Waals surface area contributed by atoms with Crippen LogP contribution in [0.4, 0.5) is 4.79 Å². The fourth-order valence-electron chi connectivity index (χ4n) is 4.86. The third-order valence-corrected chi connectivity index (χ3v) is 7.52. The summed E-state index contributed by atoms with van der Waals surface area (Å²) in [7, 11) is 4.79. The van der Waals surface area contributed by atoms with Crippen LogP contribution in [-0.2, 0) is 38.7 Å². The molecule has 2 aromatic carbocycles. The zero-order valence-corrected chi connectivity index (χ0v) is 25.2. The fraction of sp³-hybridized carbons (Fsp3) is 0.516. The van der Waals surface area contributed by atoms with Gasteiger partial charge in [0.15, 0.2) is 0 Å². The topological polar surface area (TPSA) is 111 Å². The van der Waals surface area contributed by atoms with Crippen molar-refractivity contribution in [1.29, 1.82) is 0 Å². The molecule has 10 heteroatoms. The summed E-state index contributed by atoms with van der Waals surface area (Å²) >= 11 is 0. The molecule has 2 aromatic rings. The molecule has 2 N–H and O–H groups in total. The number of esters is 1. The minimum absolute atomic E-state index is 0.0748. The van der Waals surface area contributed by atoms with Crippen molar-refractivity contribution in [2.24, 2.45) is 16.3 Å². The number of hydrogen-bond acceptors (Lipinski definition) is 7. The lowest BCUT2D eigenvalue weighted by molar-refractivity contribution is -0.147. The van der Waals surface area contributed by atoms with Gasteiger partial charge in [-0.05, 0) is 53.5 Å². The molecule has 224 valence electrons. The molecule has 0 fully saturated rings. The number of aliphatic imine (C=N–C) groups is 1. The van der Waals surface area contributed by atoms with Gasteiger partial charge in [0, 0.05) is 20.5 Å². The van der Waals surface area contributed by atoms with Gasteiger partial charge in [0.25, 0.3) is 0 Å². The molecule has 0 radical (unpaired) electrons. The number of methoxy groups -OCH3 is 1. The number of fused-ring (bicyclic) bond motifs is 1. The highest BCUT2D eigenvalue weighted by molar-refractivity contribution is 5.82. The van der Waals surface area contributed by atoms with Gasteiger partial charge in [-0.15, -0.1) is 0 Å². The van der Waals surface area contributed by atoms with Crippen LogP contribution in [0.25, 0.3) is 0 Å². The van der Waals surface area contributed by atoms with E-state index in [-0.39, 0.29) is 30.6 Å². The summed E-state index contributed by atoms with van der Waals surface area (Å²) < 4.78 is 16.7. The van der Waals surface area contributed by atoms with Gasteiger partial charge in [-0.1, -0.05) is 57.2 Å². The summed E-state index contributed by atoms with van der Waals surface area (Å²) in [6.45, 7) is 9.38. The minimum atomic E-state index is -0.753. The first-order chi connectivity index (χ1) is 19.6. The van der Waals surface area contributed by atoms with Crippen molar-refractivity contribution >= 4 is 18.0 Å². The molecule has 41 heavy (non-hydrogen) atoms. The zero-order valence-electron chi connectivity index (χ0n) is 25.2. The minimum Gasteiger partial charge on any atom is -0.493 e. The lowest BCUT2D eigenvalue weighted by Crippen LogP contribution is -2.49. The third-order valence-electron chi connectivity index (χ3n) is 7.52. The molecule has 1 aliphatic rings. The monoisotopic (exact) mass is 568 g/mol. The lowest BCUT2D eigenvalue weighted by Gasteiger charge is -2.35. The van der Waals surface area contributed by atoms with Crippen molar-refractivity contribution in [3.05, 3.63) is 65.2 Å². The van der Waals surface area contributed by atoms with E-state index < -0.39 is 18.1 Å². The van der Waals surface area contributed by atoms with Crippen LogP contribution < -0.4 is 15.5 Å². The van der Waals surface area contributed by atoms with E-state index in [0.717, 1.165) is 23.1 Å². The number of hydrogen-bond donors (Lipinski definition) is 2. The van der Waals surface area contributed by atoms with Gasteiger partial charge in [-0.3, -0.25) is 14.7 Å². The lowest BCUT2D eigenvalue weighted by atomic mass is 9.79. The number of ether oxygens (including phenoxy) is 3. The predicted octanol–water partition coefficient (Wildman–Crippen LogP) is 4.47. The Morgan fingerprint density at radius 1 is 1.12 bits per heavy atom. The van der Waals surface area contributed by atoms with Gasteiger partial charge in [0.2, 0.25) is 5.96 Å². The van der Waals surface area contributed by atoms with E-state index in [1.165, 1.54) is 12.0 Å². The van der Waals surface area contributed by atoms with Crippen LogP contribution in [0.3, 0.4) is 0 Å². The van der Waals surface area contributed by atoms with E-state index in [1.807, 2.05) is 55.5 Å². The summed E-state index contributed by atoms with van der Waals surface area (Å²) in [5.74, 6) is 1.06. The second-order valence-corrected chi connectivity index (χ2v) is 11.1. The summed E-state index contributed by atoms with van der Waals surface area (Å²) in [5.41, 5.74) is 5.51. The van der Waals surface area contributed by atoms with Crippen molar-refractivity contribution in [1.82, 2.24) is 15.7 Å². The van der Waals surface area contributed by atoms with E-state index in [4.69, 9.17) is 19.0 Å². The van der Waals surface area contributed by atoms with Crippen LogP contribution in [-0.4, -0.2) is 62.9 Å². The van der Waals surface area contributed by atoms with E-state index in [1.54, 1.807) is 14.1 Å². The molecule has 3 unspecified atom stereocenters. The number of carbonyl (C=O) groups is 2. The number of carbonyl (C=O) groups excluding carboxylic acids is 2. The van der Waals surface area contributed by atoms with Crippen molar-refractivity contribution in [2.75, 3.05) is 27.8 Å². The summed E-state index contributed by atoms with van der Waals surface area (Å²) in [4.78, 5) is 36.9. The standard InChI is InChI=1S/C31H44N4O6/c1-21(17-31(3,4)22(2)41-34-29(32-5)33-6)19-39-26-14-13-24-16-27(28(36)38-7)35(18-25(24)15-26)30(37)40-20-23-11-9-8-10-12-23/h8-15,21-22,27H,16-20H2,1-7H3,(H2,32,33,34). The maximum atomic E-state index is 13.1. The summed E-state index contributed by atoms with van der Waals surface area (Å²) in [6, 6.07) is 14.5. The molecule has 0 spiro atoms. The number of nitrogens with one attached hydrogen (secondary N) is 2. The molecule has 0 aromatic heterocycles. The Labute approximate surface area is 243 Å². The second kappa shape index (κ2) is 14.7. The Balaban J connectivity index is 1.61. The maximum Gasteiger partial charge on any atom is 0.411 e. The van der Waals surface area contributed by atoms with Crippen molar-refractivity contribution in [3.63, 3.8) is 0 Å². The average Bonchev–Trinajstić information content (AvgIpc) is 2.98. The van der Waals surface area contributed by atoms with E-state index in [0.29, 0.717) is 24.7 Å². The largest absolute Gasteiger partial charge is 0.493 e. The average molecular weight is 569 g/mol. The van der Waals surface area contributed by atoms with Crippen molar-refractivity contribution < 1.29 is 28.6 Å². The molecule has 0 bridgehead atoms. The quantitative estimate of drug-likeness (QED) is 0.177. The van der Waals surface area contributed by atoms with Crippen LogP contribution in [0, 0.1) is 11.3 Å². The highest BCUT2D eigenvalue weighted by Gasteiger charge is 2.37. The molecule has 3 atom stereocenters. The molecule has 1 heterocycles. The van der Waals surface area contributed by atoms with Crippen molar-refractivity contribution in [2.45, 2.75) is 65.8 Å². The van der Waals surface area contributed by atoms with E-state index in [2.05, 4.69) is 36.6 Å². The van der Waals surface area contributed by atoms with Gasteiger partial charge >= 0.3 is 12.1 Å². The highest BCUT2D eigenvalue weighted by atomic mass is 16.7. The SMILES string of the molecule is CN=C(NC)NOC(C)C(C)(C)CC(C)COc1ccc2c(c1)CN(C(=O)OCc1ccccc1)C(C(=O)OC)C2. The smallest absolute Gasteiger partial charge is 0.411 e. The van der Waals surface area contributed by atoms with Gasteiger partial charge in [0.05, 0.1) is 26.4 Å². The van der Waals surface area contributed by atoms with E-state index >= 15 is 0 Å². The number of rotatable bonds is 11. The molecule has 1 aliphatic heterocycles. The first-order valence-electron chi connectivity index (χ1n) is 13.9. The Bertz CT molecular complexity index is 1190. The fourth-order valence-corrected chi connectivity index (χ4v) is 4.86. The van der Waals surface area contributed by atoms with Gasteiger partial charge in [-0.2, -0.15) is 0 Å². The van der Waals surface area contributed by atoms with Crippen LogP contribution in [0.1, 0.15) is 50.8 Å². The number of hydroxylamine groups is 1. The molecule has 0 aliphatic carbocycles. The molecule has 10 nitrogen and oxygen atoms in total. The van der Waals surface area contributed by atoms with Gasteiger partial charge in [-0.25, -0.2) is 15.1 Å². The molecule has 0 saturated carbocycles. The highest BCUT2D eigenvalue weighted by Crippen LogP contribution is 2.32. The van der Waals surface area contributed by atoms with Crippen LogP contribution >= 0.6 is 0 Å². The normalized spacial score (nSPS) is 16.7. The van der Waals surface area contributed by atoms with Crippen LogP contribution in [0.15, 0.2) is 53.5 Å². The third kappa shape index (κ3) is 8.85. The van der Waals surface area contributed by atoms with E-state index in [9.17, 15) is 9.59 Å². The molecular weight excluding hydrogens is 524 g/mol. The number of guanidine groups is 1. The van der Waals surface area contributed by atoms with Gasteiger partial charge in [0.1, 0.15) is 18.4 Å². The second-order valence-electron chi connectivity index (χ2n) is 11.1. The number of nitrogens with zero attached hydrogens (tertiary/aromatic N) is 2. The Morgan fingerprint density at radius 2 is 1.85 bits per heavy atom. The summed E-state index contributed by atoms with van der Waals surface area (Å²) in [6.07, 6.45) is 0.585. The van der Waals surface area contributed by atoms with Crippen molar-refractivity contribution in [3.8, 4) is 5.75 Å². The molecule has 1 amide bonds. The predicted molar refractivity (Wildman–Crippen MR) is 157 cm³/mol. The Hall–Kier alpha value is -3.79. The number of benzene rings is 2. The summed E-state index contributed by atoms with van der Waals surface area (Å²) in [5, 5.41) is 2.93. The van der Waals surface area contributed by atoms with Crippen LogP contribution in [0.2, 0.25) is 0 Å². The Kier molecular flexibility index (Phi) is 11.4. The first-order valence-corrected chi connectivity index (χ1v) is 13.9. The first kappa shape index (κ1) is 31.7. The van der Waals surface area contributed by atoms with Crippen LogP contribution in [0.5, 0.6) is 5.75 Å². The Morgan fingerprint density at radius 3 is 2.51 bits per heavy atom. The zero-order chi connectivity index (χ0) is 30.0. The number of amides is 1. The molecule has 3 rings (SSSR count). The molecular formula is C31H44N4O6. The maximum absolute atomic E-state index is 13.1. The molecule has 0 saturated heterocycles. The van der Waals surface area contributed by atoms with Gasteiger partial charge < -0.3 is 19.5 Å².